The zero-order valence-corrected chi connectivity index (χ0v) is 7.41. The van der Waals surface area contributed by atoms with E-state index < -0.39 is 0 Å². The van der Waals surface area contributed by atoms with Gasteiger partial charge in [0.05, 0.1) is 0 Å². The SMILES string of the molecule is C=Cc1cc2c(s1)CCCC2. The lowest BCUT2D eigenvalue weighted by Gasteiger charge is -2.08. The van der Waals surface area contributed by atoms with Gasteiger partial charge >= 0.3 is 0 Å². The summed E-state index contributed by atoms with van der Waals surface area (Å²) in [4.78, 5) is 2.95. The molecule has 0 bridgehead atoms. The van der Waals surface area contributed by atoms with E-state index in [-0.39, 0.29) is 0 Å². The quantitative estimate of drug-likeness (QED) is 0.597. The second-order valence-electron chi connectivity index (χ2n) is 3.01. The molecule has 0 unspecified atom stereocenters. The summed E-state index contributed by atoms with van der Waals surface area (Å²) in [6.45, 7) is 3.78. The molecule has 0 atom stereocenters. The maximum atomic E-state index is 3.78. The Hall–Kier alpha value is -0.560. The van der Waals surface area contributed by atoms with Crippen LogP contribution in [-0.4, -0.2) is 0 Å². The number of hydrogen-bond acceptors (Lipinski definition) is 1. The third-order valence-corrected chi connectivity index (χ3v) is 3.45. The van der Waals surface area contributed by atoms with Crippen LogP contribution in [0.2, 0.25) is 0 Å². The van der Waals surface area contributed by atoms with Gasteiger partial charge in [0.15, 0.2) is 0 Å². The molecule has 0 aromatic carbocycles. The van der Waals surface area contributed by atoms with Crippen LogP contribution in [-0.2, 0) is 12.8 Å². The van der Waals surface area contributed by atoms with Crippen LogP contribution in [0.3, 0.4) is 0 Å². The summed E-state index contributed by atoms with van der Waals surface area (Å²) < 4.78 is 0. The van der Waals surface area contributed by atoms with E-state index in [4.69, 9.17) is 0 Å². The van der Waals surface area contributed by atoms with Gasteiger partial charge in [-0.2, -0.15) is 0 Å². The third-order valence-electron chi connectivity index (χ3n) is 2.22. The van der Waals surface area contributed by atoms with Gasteiger partial charge in [0.25, 0.3) is 0 Å². The molecule has 1 heteroatoms. The molecule has 0 aliphatic heterocycles. The maximum Gasteiger partial charge on any atom is 0.0270 e. The topological polar surface area (TPSA) is 0 Å². The van der Waals surface area contributed by atoms with Crippen LogP contribution in [0, 0.1) is 0 Å². The Bertz CT molecular complexity index is 247. The fourth-order valence-corrected chi connectivity index (χ4v) is 2.72. The van der Waals surface area contributed by atoms with Gasteiger partial charge in [0, 0.05) is 9.75 Å². The molecule has 1 aliphatic carbocycles. The van der Waals surface area contributed by atoms with Crippen LogP contribution in [0.1, 0.15) is 28.2 Å². The number of thiophene rings is 1. The molecule has 11 heavy (non-hydrogen) atoms. The van der Waals surface area contributed by atoms with E-state index in [1.807, 2.05) is 17.4 Å². The average Bonchev–Trinajstić information content (AvgIpc) is 2.46. The Morgan fingerprint density at radius 3 is 2.91 bits per heavy atom. The van der Waals surface area contributed by atoms with Crippen LogP contribution in [0.15, 0.2) is 12.6 Å². The largest absolute Gasteiger partial charge is 0.141 e. The predicted molar refractivity (Wildman–Crippen MR) is 51.1 cm³/mol. The molecule has 0 fully saturated rings. The van der Waals surface area contributed by atoms with Gasteiger partial charge in [-0.05, 0) is 37.3 Å². The number of fused-ring (bicyclic) bond motifs is 1. The van der Waals surface area contributed by atoms with Crippen molar-refractivity contribution in [1.29, 1.82) is 0 Å². The van der Waals surface area contributed by atoms with Crippen molar-refractivity contribution in [2.75, 3.05) is 0 Å². The fraction of sp³-hybridized carbons (Fsp3) is 0.400. The molecule has 0 saturated carbocycles. The summed E-state index contributed by atoms with van der Waals surface area (Å²) in [5.41, 5.74) is 1.58. The normalized spacial score (nSPS) is 16.0. The first-order valence-corrected chi connectivity index (χ1v) is 4.96. The molecule has 0 N–H and O–H groups in total. The Labute approximate surface area is 71.6 Å². The monoisotopic (exact) mass is 164 g/mol. The number of hydrogen-bond donors (Lipinski definition) is 0. The number of rotatable bonds is 1. The minimum Gasteiger partial charge on any atom is -0.141 e. The predicted octanol–water partition coefficient (Wildman–Crippen LogP) is 3.27. The van der Waals surface area contributed by atoms with Gasteiger partial charge in [-0.15, -0.1) is 11.3 Å². The highest BCUT2D eigenvalue weighted by Crippen LogP contribution is 2.29. The van der Waals surface area contributed by atoms with Gasteiger partial charge in [-0.25, -0.2) is 0 Å². The van der Waals surface area contributed by atoms with Gasteiger partial charge in [0.2, 0.25) is 0 Å². The van der Waals surface area contributed by atoms with Gasteiger partial charge < -0.3 is 0 Å². The molecule has 58 valence electrons. The van der Waals surface area contributed by atoms with Crippen molar-refractivity contribution in [3.63, 3.8) is 0 Å². The van der Waals surface area contributed by atoms with E-state index >= 15 is 0 Å². The van der Waals surface area contributed by atoms with E-state index in [0.29, 0.717) is 0 Å². The highest BCUT2D eigenvalue weighted by Gasteiger charge is 2.11. The van der Waals surface area contributed by atoms with Crippen LogP contribution in [0.25, 0.3) is 6.08 Å². The summed E-state index contributed by atoms with van der Waals surface area (Å²) in [5, 5.41) is 0. The van der Waals surface area contributed by atoms with Crippen molar-refractivity contribution < 1.29 is 0 Å². The van der Waals surface area contributed by atoms with Gasteiger partial charge in [-0.1, -0.05) is 12.7 Å². The van der Waals surface area contributed by atoms with Crippen LogP contribution in [0.4, 0.5) is 0 Å². The van der Waals surface area contributed by atoms with E-state index in [2.05, 4.69) is 12.6 Å². The van der Waals surface area contributed by atoms with Crippen molar-refractivity contribution in [2.45, 2.75) is 25.7 Å². The summed E-state index contributed by atoms with van der Waals surface area (Å²) in [5.74, 6) is 0. The molecule has 1 aromatic rings. The van der Waals surface area contributed by atoms with E-state index in [1.165, 1.54) is 30.6 Å². The van der Waals surface area contributed by atoms with Crippen LogP contribution < -0.4 is 0 Å². The average molecular weight is 164 g/mol. The third kappa shape index (κ3) is 1.25. The van der Waals surface area contributed by atoms with Crippen molar-refractivity contribution in [3.8, 4) is 0 Å². The first-order chi connectivity index (χ1) is 5.40. The zero-order valence-electron chi connectivity index (χ0n) is 6.60. The molecule has 0 radical (unpaired) electrons. The highest BCUT2D eigenvalue weighted by atomic mass is 32.1. The molecule has 0 amide bonds. The first kappa shape index (κ1) is 7.11. The van der Waals surface area contributed by atoms with Crippen molar-refractivity contribution >= 4 is 17.4 Å². The lowest BCUT2D eigenvalue weighted by Crippen LogP contribution is -1.96. The zero-order chi connectivity index (χ0) is 7.68. The Morgan fingerprint density at radius 1 is 1.36 bits per heavy atom. The minimum absolute atomic E-state index is 1.29. The molecule has 0 spiro atoms. The number of aryl methyl sites for hydroxylation is 2. The molecule has 0 saturated heterocycles. The molecule has 1 aromatic heterocycles. The molecule has 0 nitrogen and oxygen atoms in total. The fourth-order valence-electron chi connectivity index (χ4n) is 1.61. The first-order valence-electron chi connectivity index (χ1n) is 4.14. The Balaban J connectivity index is 2.39. The second-order valence-corrected chi connectivity index (χ2v) is 4.18. The van der Waals surface area contributed by atoms with Gasteiger partial charge in [0.1, 0.15) is 0 Å². The summed E-state index contributed by atoms with van der Waals surface area (Å²) in [7, 11) is 0. The molecule has 1 aliphatic rings. The molecule has 1 heterocycles. The van der Waals surface area contributed by atoms with Crippen LogP contribution >= 0.6 is 11.3 Å². The van der Waals surface area contributed by atoms with E-state index in [0.717, 1.165) is 0 Å². The lowest BCUT2D eigenvalue weighted by molar-refractivity contribution is 0.697. The smallest absolute Gasteiger partial charge is 0.0270 e. The minimum atomic E-state index is 1.29. The lowest BCUT2D eigenvalue weighted by atomic mass is 9.99. The summed E-state index contributed by atoms with van der Waals surface area (Å²) in [6, 6.07) is 2.30. The highest BCUT2D eigenvalue weighted by molar-refractivity contribution is 7.13. The molecular weight excluding hydrogens is 152 g/mol. The van der Waals surface area contributed by atoms with Crippen LogP contribution in [0.5, 0.6) is 0 Å². The molecule has 2 rings (SSSR count). The molecular formula is C10H12S. The standard InChI is InChI=1S/C10H12S/c1-2-9-7-8-5-3-4-6-10(8)11-9/h2,7H,1,3-6H2. The van der Waals surface area contributed by atoms with E-state index in [1.54, 1.807) is 10.4 Å². The second kappa shape index (κ2) is 2.82. The van der Waals surface area contributed by atoms with Crippen molar-refractivity contribution in [3.05, 3.63) is 28.0 Å². The summed E-state index contributed by atoms with van der Waals surface area (Å²) >= 11 is 1.92. The summed E-state index contributed by atoms with van der Waals surface area (Å²) in [6.07, 6.45) is 7.31. The Morgan fingerprint density at radius 2 is 2.18 bits per heavy atom. The van der Waals surface area contributed by atoms with Crippen molar-refractivity contribution in [2.24, 2.45) is 0 Å². The van der Waals surface area contributed by atoms with Gasteiger partial charge in [-0.3, -0.25) is 0 Å². The maximum absolute atomic E-state index is 3.78. The van der Waals surface area contributed by atoms with E-state index in [9.17, 15) is 0 Å². The Kier molecular flexibility index (Phi) is 1.82. The van der Waals surface area contributed by atoms with Crippen molar-refractivity contribution in [1.82, 2.24) is 0 Å².